The number of rotatable bonds is 6. The van der Waals surface area contributed by atoms with E-state index in [1.807, 2.05) is 30.3 Å². The standard InChI is InChI=1S/C18H20N2O4/c1-23-16-7-3-2-5-13(16)10-19-18(22)14-9-17(21)20(11-14)12-15-6-4-8-24-15/h2-8,14H,9-12H2,1H3,(H,19,22)/t14-/m1/s1. The van der Waals surface area contributed by atoms with Crippen LogP contribution >= 0.6 is 0 Å². The lowest BCUT2D eigenvalue weighted by Gasteiger charge is -2.15. The predicted octanol–water partition coefficient (Wildman–Crippen LogP) is 1.95. The van der Waals surface area contributed by atoms with Gasteiger partial charge in [0.25, 0.3) is 0 Å². The molecule has 2 heterocycles. The number of likely N-dealkylation sites (tertiary alicyclic amines) is 1. The summed E-state index contributed by atoms with van der Waals surface area (Å²) in [7, 11) is 1.60. The summed E-state index contributed by atoms with van der Waals surface area (Å²) in [6.45, 7) is 1.20. The minimum absolute atomic E-state index is 0.0242. The average molecular weight is 328 g/mol. The Kier molecular flexibility index (Phi) is 4.84. The fourth-order valence-electron chi connectivity index (χ4n) is 2.87. The topological polar surface area (TPSA) is 71.8 Å². The maximum Gasteiger partial charge on any atom is 0.225 e. The van der Waals surface area contributed by atoms with Gasteiger partial charge in [0, 0.05) is 25.1 Å². The molecule has 2 amide bonds. The Bertz CT molecular complexity index is 712. The number of carbonyl (C=O) groups is 2. The Balaban J connectivity index is 1.55. The third-order valence-corrected chi connectivity index (χ3v) is 4.16. The van der Waals surface area contributed by atoms with Gasteiger partial charge in [-0.2, -0.15) is 0 Å². The molecule has 1 atom stereocenters. The van der Waals surface area contributed by atoms with Gasteiger partial charge >= 0.3 is 0 Å². The monoisotopic (exact) mass is 328 g/mol. The van der Waals surface area contributed by atoms with Crippen molar-refractivity contribution < 1.29 is 18.7 Å². The van der Waals surface area contributed by atoms with E-state index >= 15 is 0 Å². The van der Waals surface area contributed by atoms with Crippen LogP contribution in [0.15, 0.2) is 47.1 Å². The molecule has 1 aliphatic heterocycles. The molecule has 6 nitrogen and oxygen atoms in total. The van der Waals surface area contributed by atoms with Gasteiger partial charge in [0.05, 0.1) is 25.8 Å². The van der Waals surface area contributed by atoms with Crippen LogP contribution in [-0.4, -0.2) is 30.4 Å². The number of hydrogen-bond donors (Lipinski definition) is 1. The Hall–Kier alpha value is -2.76. The highest BCUT2D eigenvalue weighted by Gasteiger charge is 2.34. The molecular weight excluding hydrogens is 308 g/mol. The molecule has 0 unspecified atom stereocenters. The third-order valence-electron chi connectivity index (χ3n) is 4.16. The first kappa shape index (κ1) is 16.1. The van der Waals surface area contributed by atoms with Crippen molar-refractivity contribution >= 4 is 11.8 Å². The molecule has 6 heteroatoms. The number of carbonyl (C=O) groups excluding carboxylic acids is 2. The van der Waals surface area contributed by atoms with Crippen LogP contribution in [0.4, 0.5) is 0 Å². The quantitative estimate of drug-likeness (QED) is 0.880. The molecule has 1 aromatic heterocycles. The Morgan fingerprint density at radius 1 is 1.33 bits per heavy atom. The zero-order valence-electron chi connectivity index (χ0n) is 13.5. The molecule has 0 bridgehead atoms. The zero-order valence-corrected chi connectivity index (χ0v) is 13.5. The SMILES string of the molecule is COc1ccccc1CNC(=O)[C@@H]1CC(=O)N(Cc2ccco2)C1. The normalized spacial score (nSPS) is 17.1. The lowest BCUT2D eigenvalue weighted by molar-refractivity contribution is -0.129. The highest BCUT2D eigenvalue weighted by molar-refractivity contribution is 5.89. The second kappa shape index (κ2) is 7.21. The summed E-state index contributed by atoms with van der Waals surface area (Å²) in [5, 5.41) is 2.89. The van der Waals surface area contributed by atoms with Gasteiger partial charge in [-0.3, -0.25) is 9.59 Å². The van der Waals surface area contributed by atoms with E-state index in [1.54, 1.807) is 24.3 Å². The van der Waals surface area contributed by atoms with E-state index in [2.05, 4.69) is 5.32 Å². The highest BCUT2D eigenvalue weighted by atomic mass is 16.5. The van der Waals surface area contributed by atoms with Crippen LogP contribution < -0.4 is 10.1 Å². The number of para-hydroxylation sites is 1. The van der Waals surface area contributed by atoms with E-state index in [0.717, 1.165) is 17.1 Å². The third kappa shape index (κ3) is 3.59. The molecule has 1 N–H and O–H groups in total. The molecule has 3 rings (SSSR count). The molecular formula is C18H20N2O4. The van der Waals surface area contributed by atoms with E-state index in [1.165, 1.54) is 0 Å². The first-order valence-corrected chi connectivity index (χ1v) is 7.87. The summed E-state index contributed by atoms with van der Waals surface area (Å²) in [6, 6.07) is 11.1. The number of nitrogens with zero attached hydrogens (tertiary/aromatic N) is 1. The van der Waals surface area contributed by atoms with Crippen LogP contribution in [0.25, 0.3) is 0 Å². The van der Waals surface area contributed by atoms with Crippen molar-refractivity contribution in [2.75, 3.05) is 13.7 Å². The van der Waals surface area contributed by atoms with E-state index in [0.29, 0.717) is 19.6 Å². The lowest BCUT2D eigenvalue weighted by atomic mass is 10.1. The molecule has 0 aliphatic carbocycles. The first-order valence-electron chi connectivity index (χ1n) is 7.87. The van der Waals surface area contributed by atoms with E-state index in [9.17, 15) is 9.59 Å². The number of furan rings is 1. The van der Waals surface area contributed by atoms with Gasteiger partial charge in [-0.25, -0.2) is 0 Å². The van der Waals surface area contributed by atoms with Gasteiger partial charge in [-0.15, -0.1) is 0 Å². The largest absolute Gasteiger partial charge is 0.496 e. The fourth-order valence-corrected chi connectivity index (χ4v) is 2.87. The molecule has 0 saturated carbocycles. The smallest absolute Gasteiger partial charge is 0.225 e. The summed E-state index contributed by atoms with van der Waals surface area (Å²) < 4.78 is 10.5. The minimum Gasteiger partial charge on any atom is -0.496 e. The zero-order chi connectivity index (χ0) is 16.9. The second-order valence-electron chi connectivity index (χ2n) is 5.78. The van der Waals surface area contributed by atoms with Crippen molar-refractivity contribution in [3.8, 4) is 5.75 Å². The maximum absolute atomic E-state index is 12.4. The number of hydrogen-bond acceptors (Lipinski definition) is 4. The van der Waals surface area contributed by atoms with Crippen LogP contribution in [0.3, 0.4) is 0 Å². The van der Waals surface area contributed by atoms with Gasteiger partial charge in [0.2, 0.25) is 11.8 Å². The van der Waals surface area contributed by atoms with Crippen LogP contribution in [0, 0.1) is 5.92 Å². The van der Waals surface area contributed by atoms with Gasteiger partial charge in [-0.1, -0.05) is 18.2 Å². The molecule has 1 fully saturated rings. The second-order valence-corrected chi connectivity index (χ2v) is 5.78. The van der Waals surface area contributed by atoms with Gasteiger partial charge in [0.1, 0.15) is 11.5 Å². The van der Waals surface area contributed by atoms with E-state index < -0.39 is 0 Å². The summed E-state index contributed by atoms with van der Waals surface area (Å²) in [5.74, 6) is 0.986. The van der Waals surface area contributed by atoms with Crippen LogP contribution in [0.5, 0.6) is 5.75 Å². The lowest BCUT2D eigenvalue weighted by Crippen LogP contribution is -2.32. The number of methoxy groups -OCH3 is 1. The average Bonchev–Trinajstić information content (AvgIpc) is 3.23. The maximum atomic E-state index is 12.4. The van der Waals surface area contributed by atoms with E-state index in [4.69, 9.17) is 9.15 Å². The molecule has 126 valence electrons. The van der Waals surface area contributed by atoms with Gasteiger partial charge < -0.3 is 19.4 Å². The van der Waals surface area contributed by atoms with Crippen molar-refractivity contribution in [1.29, 1.82) is 0 Å². The summed E-state index contributed by atoms with van der Waals surface area (Å²) >= 11 is 0. The number of ether oxygens (including phenoxy) is 1. The highest BCUT2D eigenvalue weighted by Crippen LogP contribution is 2.21. The number of benzene rings is 1. The Labute approximate surface area is 140 Å². The fraction of sp³-hybridized carbons (Fsp3) is 0.333. The number of amides is 2. The van der Waals surface area contributed by atoms with Crippen LogP contribution in [-0.2, 0) is 22.7 Å². The molecule has 0 radical (unpaired) electrons. The van der Waals surface area contributed by atoms with Crippen LogP contribution in [0.2, 0.25) is 0 Å². The molecule has 0 spiro atoms. The predicted molar refractivity (Wildman–Crippen MR) is 87.1 cm³/mol. The Morgan fingerprint density at radius 2 is 2.17 bits per heavy atom. The first-order chi connectivity index (χ1) is 11.7. The van der Waals surface area contributed by atoms with Gasteiger partial charge in [-0.05, 0) is 18.2 Å². The van der Waals surface area contributed by atoms with Crippen molar-refractivity contribution in [2.24, 2.45) is 5.92 Å². The minimum atomic E-state index is -0.331. The summed E-state index contributed by atoms with van der Waals surface area (Å²) in [5.41, 5.74) is 0.908. The van der Waals surface area contributed by atoms with Crippen molar-refractivity contribution in [1.82, 2.24) is 10.2 Å². The van der Waals surface area contributed by atoms with Crippen molar-refractivity contribution in [3.05, 3.63) is 54.0 Å². The summed E-state index contributed by atoms with van der Waals surface area (Å²) in [4.78, 5) is 26.1. The molecule has 2 aromatic rings. The molecule has 1 aliphatic rings. The van der Waals surface area contributed by atoms with Crippen LogP contribution in [0.1, 0.15) is 17.7 Å². The van der Waals surface area contributed by atoms with Crippen molar-refractivity contribution in [2.45, 2.75) is 19.5 Å². The molecule has 1 saturated heterocycles. The van der Waals surface area contributed by atoms with Gasteiger partial charge in [0.15, 0.2) is 0 Å². The molecule has 1 aromatic carbocycles. The summed E-state index contributed by atoms with van der Waals surface area (Å²) in [6.07, 6.45) is 1.81. The van der Waals surface area contributed by atoms with Crippen molar-refractivity contribution in [3.63, 3.8) is 0 Å². The molecule has 24 heavy (non-hydrogen) atoms. The number of nitrogens with one attached hydrogen (secondary N) is 1. The van der Waals surface area contributed by atoms with E-state index in [-0.39, 0.29) is 24.2 Å². The Morgan fingerprint density at radius 3 is 2.92 bits per heavy atom.